The molecule has 30 heavy (non-hydrogen) atoms. The molecule has 1 aliphatic heterocycles. The van der Waals surface area contributed by atoms with Crippen LogP contribution in [0.5, 0.6) is 0 Å². The lowest BCUT2D eigenvalue weighted by Crippen LogP contribution is -2.49. The summed E-state index contributed by atoms with van der Waals surface area (Å²) in [6, 6.07) is 8.34. The van der Waals surface area contributed by atoms with Crippen molar-refractivity contribution in [2.24, 2.45) is 15.3 Å². The van der Waals surface area contributed by atoms with Gasteiger partial charge in [0, 0.05) is 38.0 Å². The van der Waals surface area contributed by atoms with E-state index in [0.717, 1.165) is 12.8 Å². The molecule has 0 spiro atoms. The van der Waals surface area contributed by atoms with E-state index < -0.39 is 11.7 Å². The first-order chi connectivity index (χ1) is 14.5. The van der Waals surface area contributed by atoms with E-state index in [0.29, 0.717) is 18.3 Å². The first kappa shape index (κ1) is 23.1. The summed E-state index contributed by atoms with van der Waals surface area (Å²) >= 11 is 1.79. The second-order valence-corrected chi connectivity index (χ2v) is 8.21. The Kier molecular flexibility index (Phi) is 8.99. The number of likely N-dealkylation sites (tertiary alicyclic amines) is 1. The third-order valence-electron chi connectivity index (χ3n) is 4.59. The highest BCUT2D eigenvalue weighted by Gasteiger charge is 2.35. The molecule has 0 atom stereocenters. The molecule has 1 saturated heterocycles. The molecule has 0 N–H and O–H groups in total. The molecule has 0 radical (unpaired) electrons. The average Bonchev–Trinajstić information content (AvgIpc) is 2.76. The third kappa shape index (κ3) is 6.98. The Bertz CT molecular complexity index is 815. The number of carbonyl (C=O) groups excluding carboxylic acids is 1. The van der Waals surface area contributed by atoms with E-state index in [2.05, 4.69) is 54.3 Å². The van der Waals surface area contributed by atoms with Gasteiger partial charge in [-0.15, -0.1) is 11.8 Å². The standard InChI is InChI=1S/C17H22N10O2S/c1-13-2-4-14(5-3-13)30-15-6-8-27(9-7-15)16(28)29-17(10-21-24-18,11-22-25-19)12-23-26-20/h2-5,15H,6-12H2,1H3. The normalized spacial score (nSPS) is 15.7. The van der Waals surface area contributed by atoms with Gasteiger partial charge in [0.25, 0.3) is 0 Å². The number of hydrogen-bond donors (Lipinski definition) is 0. The molecule has 1 aliphatic rings. The SMILES string of the molecule is Cc1ccc(SC2CCN(C(=O)OC(CN=[N+]=[N-])(CN=[N+]=[N-])CN=[N+]=[N-])CC2)cc1. The quantitative estimate of drug-likeness (QED) is 0.291. The molecule has 1 heterocycles. The highest BCUT2D eigenvalue weighted by atomic mass is 32.2. The van der Waals surface area contributed by atoms with Gasteiger partial charge in [0.2, 0.25) is 0 Å². The van der Waals surface area contributed by atoms with Gasteiger partial charge in [-0.1, -0.05) is 33.0 Å². The lowest BCUT2D eigenvalue weighted by atomic mass is 10.1. The zero-order valence-electron chi connectivity index (χ0n) is 16.5. The van der Waals surface area contributed by atoms with Gasteiger partial charge in [0.15, 0.2) is 0 Å². The Balaban J connectivity index is 1.99. The zero-order chi connectivity index (χ0) is 21.8. The summed E-state index contributed by atoms with van der Waals surface area (Å²) < 4.78 is 5.54. The number of amides is 1. The zero-order valence-corrected chi connectivity index (χ0v) is 17.3. The molecule has 0 bridgehead atoms. The minimum Gasteiger partial charge on any atom is -0.442 e. The number of azide groups is 3. The van der Waals surface area contributed by atoms with Crippen molar-refractivity contribution in [1.29, 1.82) is 0 Å². The molecule has 158 valence electrons. The van der Waals surface area contributed by atoms with Crippen molar-refractivity contribution in [2.45, 2.75) is 35.5 Å². The Morgan fingerprint density at radius 3 is 2.03 bits per heavy atom. The Morgan fingerprint density at radius 2 is 1.57 bits per heavy atom. The number of benzene rings is 1. The van der Waals surface area contributed by atoms with E-state index in [4.69, 9.17) is 21.3 Å². The smallest absolute Gasteiger partial charge is 0.410 e. The highest BCUT2D eigenvalue weighted by molar-refractivity contribution is 8.00. The summed E-state index contributed by atoms with van der Waals surface area (Å²) in [5.74, 6) is 0. The van der Waals surface area contributed by atoms with Gasteiger partial charge in [-0.3, -0.25) is 0 Å². The van der Waals surface area contributed by atoms with E-state index in [-0.39, 0.29) is 19.6 Å². The number of ether oxygens (including phenoxy) is 1. The Morgan fingerprint density at radius 1 is 1.07 bits per heavy atom. The van der Waals surface area contributed by atoms with Crippen LogP contribution in [0.25, 0.3) is 31.3 Å². The fourth-order valence-corrected chi connectivity index (χ4v) is 4.07. The van der Waals surface area contributed by atoms with Crippen LogP contribution in [0.2, 0.25) is 0 Å². The molecular weight excluding hydrogens is 408 g/mol. The number of aryl methyl sites for hydroxylation is 1. The molecule has 13 heteroatoms. The van der Waals surface area contributed by atoms with Gasteiger partial charge in [0.1, 0.15) is 5.60 Å². The molecule has 0 aromatic heterocycles. The van der Waals surface area contributed by atoms with Gasteiger partial charge < -0.3 is 9.64 Å². The second-order valence-electron chi connectivity index (χ2n) is 6.84. The molecule has 1 aromatic rings. The molecule has 1 aromatic carbocycles. The predicted octanol–water partition coefficient (Wildman–Crippen LogP) is 5.36. The van der Waals surface area contributed by atoms with Crippen LogP contribution < -0.4 is 0 Å². The molecule has 0 saturated carbocycles. The lowest BCUT2D eigenvalue weighted by molar-refractivity contribution is 0.00445. The van der Waals surface area contributed by atoms with E-state index in [1.807, 2.05) is 6.92 Å². The molecule has 12 nitrogen and oxygen atoms in total. The second kappa shape index (κ2) is 11.7. The average molecular weight is 430 g/mol. The fraction of sp³-hybridized carbons (Fsp3) is 0.588. The molecule has 0 aliphatic carbocycles. The van der Waals surface area contributed by atoms with Crippen molar-refractivity contribution in [1.82, 2.24) is 4.90 Å². The summed E-state index contributed by atoms with van der Waals surface area (Å²) in [6.07, 6.45) is 0.969. The van der Waals surface area contributed by atoms with Crippen molar-refractivity contribution in [3.63, 3.8) is 0 Å². The van der Waals surface area contributed by atoms with Crippen LogP contribution in [0.1, 0.15) is 18.4 Å². The first-order valence-electron chi connectivity index (χ1n) is 9.26. The Hall–Kier alpha value is -3.23. The monoisotopic (exact) mass is 430 g/mol. The molecule has 0 unspecified atom stereocenters. The first-order valence-corrected chi connectivity index (χ1v) is 10.1. The molecule has 2 rings (SSSR count). The van der Waals surface area contributed by atoms with Crippen LogP contribution in [-0.4, -0.2) is 54.6 Å². The number of piperidine rings is 1. The van der Waals surface area contributed by atoms with Crippen LogP contribution >= 0.6 is 11.8 Å². The third-order valence-corrected chi connectivity index (χ3v) is 5.94. The summed E-state index contributed by atoms with van der Waals surface area (Å²) in [7, 11) is 0. The number of carbonyl (C=O) groups is 1. The maximum atomic E-state index is 12.7. The number of nitrogens with zero attached hydrogens (tertiary/aromatic N) is 10. The van der Waals surface area contributed by atoms with Gasteiger partial charge in [0.05, 0.1) is 19.6 Å². The highest BCUT2D eigenvalue weighted by Crippen LogP contribution is 2.31. The summed E-state index contributed by atoms with van der Waals surface area (Å²) in [5, 5.41) is 10.7. The number of hydrogen-bond acceptors (Lipinski definition) is 6. The van der Waals surface area contributed by atoms with Crippen LogP contribution in [0, 0.1) is 6.92 Å². The summed E-state index contributed by atoms with van der Waals surface area (Å²) in [5.41, 5.74) is 25.6. The maximum absolute atomic E-state index is 12.7. The fourth-order valence-electron chi connectivity index (χ4n) is 2.94. The van der Waals surface area contributed by atoms with E-state index in [9.17, 15) is 4.79 Å². The summed E-state index contributed by atoms with van der Waals surface area (Å²) in [4.78, 5) is 23.4. The van der Waals surface area contributed by atoms with Crippen LogP contribution in [0.4, 0.5) is 4.79 Å². The lowest BCUT2D eigenvalue weighted by Gasteiger charge is -2.35. The summed E-state index contributed by atoms with van der Waals surface area (Å²) in [6.45, 7) is 2.11. The van der Waals surface area contributed by atoms with Crippen LogP contribution in [0.3, 0.4) is 0 Å². The van der Waals surface area contributed by atoms with Crippen molar-refractivity contribution < 1.29 is 9.53 Å². The van der Waals surface area contributed by atoms with Gasteiger partial charge >= 0.3 is 6.09 Å². The van der Waals surface area contributed by atoms with Crippen molar-refractivity contribution in [3.8, 4) is 0 Å². The van der Waals surface area contributed by atoms with Crippen molar-refractivity contribution in [2.75, 3.05) is 32.7 Å². The molecule has 1 fully saturated rings. The molecular formula is C17H22N10O2S. The number of rotatable bonds is 9. The van der Waals surface area contributed by atoms with Crippen molar-refractivity contribution >= 4 is 17.9 Å². The largest absolute Gasteiger partial charge is 0.442 e. The maximum Gasteiger partial charge on any atom is 0.410 e. The van der Waals surface area contributed by atoms with E-state index in [1.54, 1.807) is 16.7 Å². The Labute approximate surface area is 177 Å². The minimum atomic E-state index is -1.52. The van der Waals surface area contributed by atoms with Crippen LogP contribution in [-0.2, 0) is 4.74 Å². The van der Waals surface area contributed by atoms with E-state index in [1.165, 1.54) is 10.5 Å². The van der Waals surface area contributed by atoms with Gasteiger partial charge in [-0.2, -0.15) is 0 Å². The minimum absolute atomic E-state index is 0.312. The van der Waals surface area contributed by atoms with Gasteiger partial charge in [-0.05, 0) is 48.5 Å². The van der Waals surface area contributed by atoms with Gasteiger partial charge in [-0.25, -0.2) is 4.79 Å². The number of thioether (sulfide) groups is 1. The van der Waals surface area contributed by atoms with E-state index >= 15 is 0 Å². The predicted molar refractivity (Wildman–Crippen MR) is 113 cm³/mol. The van der Waals surface area contributed by atoms with Crippen LogP contribution in [0.15, 0.2) is 44.5 Å². The molecule has 1 amide bonds. The topological polar surface area (TPSA) is 176 Å². The van der Waals surface area contributed by atoms with Crippen molar-refractivity contribution in [3.05, 3.63) is 61.2 Å².